The molecule has 7 heteroatoms. The van der Waals surface area contributed by atoms with Crippen molar-refractivity contribution in [2.45, 2.75) is 40.7 Å². The molecule has 3 rings (SSSR count). The van der Waals surface area contributed by atoms with Crippen LogP contribution in [-0.2, 0) is 4.79 Å². The van der Waals surface area contributed by atoms with Crippen LogP contribution in [0.1, 0.15) is 30.5 Å². The Kier molecular flexibility index (Phi) is 6.16. The van der Waals surface area contributed by atoms with Gasteiger partial charge in [-0.05, 0) is 85.9 Å². The predicted molar refractivity (Wildman–Crippen MR) is 110 cm³/mol. The summed E-state index contributed by atoms with van der Waals surface area (Å²) in [6.45, 7) is 10.1. The Morgan fingerprint density at radius 3 is 2.62 bits per heavy atom. The van der Waals surface area contributed by atoms with Gasteiger partial charge in [0.25, 0.3) is 5.91 Å². The maximum atomic E-state index is 12.6. The number of amides is 1. The molecule has 0 bridgehead atoms. The highest BCUT2D eigenvalue weighted by Gasteiger charge is 2.21. The summed E-state index contributed by atoms with van der Waals surface area (Å²) >= 11 is 0. The molecule has 3 aromatic rings. The number of rotatable bonds is 7. The van der Waals surface area contributed by atoms with Crippen molar-refractivity contribution in [1.82, 2.24) is 10.3 Å². The summed E-state index contributed by atoms with van der Waals surface area (Å²) in [7, 11) is 0. The number of aromatic nitrogens is 2. The van der Waals surface area contributed by atoms with Crippen LogP contribution in [0.25, 0.3) is 11.3 Å². The van der Waals surface area contributed by atoms with E-state index >= 15 is 0 Å². The van der Waals surface area contributed by atoms with E-state index in [2.05, 4.69) is 15.6 Å². The number of carbonyl (C=O) groups is 1. The number of anilines is 1. The van der Waals surface area contributed by atoms with Gasteiger partial charge < -0.3 is 14.8 Å². The number of hydrogen-bond acceptors (Lipinski definition) is 6. The van der Waals surface area contributed by atoms with Gasteiger partial charge in [-0.2, -0.15) is 0 Å². The lowest BCUT2D eigenvalue weighted by Crippen LogP contribution is -2.30. The minimum Gasteiger partial charge on any atom is -0.494 e. The SMILES string of the molecule is CCOc1ccc(-c2nonc2NC(=O)[C@@H](C)Oc2cccc(C)c2C)cc1C. The highest BCUT2D eigenvalue weighted by atomic mass is 16.6. The van der Waals surface area contributed by atoms with Crippen LogP contribution in [0, 0.1) is 20.8 Å². The first-order chi connectivity index (χ1) is 13.9. The van der Waals surface area contributed by atoms with E-state index in [1.807, 2.05) is 64.1 Å². The molecule has 0 saturated carbocycles. The van der Waals surface area contributed by atoms with Crippen molar-refractivity contribution in [1.29, 1.82) is 0 Å². The molecule has 1 N–H and O–H groups in total. The molecule has 0 aliphatic carbocycles. The van der Waals surface area contributed by atoms with Crippen LogP contribution in [0.15, 0.2) is 41.0 Å². The summed E-state index contributed by atoms with van der Waals surface area (Å²) < 4.78 is 16.3. The van der Waals surface area contributed by atoms with Crippen LogP contribution in [0.3, 0.4) is 0 Å². The van der Waals surface area contributed by atoms with E-state index in [9.17, 15) is 4.79 Å². The fraction of sp³-hybridized carbons (Fsp3) is 0.318. The summed E-state index contributed by atoms with van der Waals surface area (Å²) in [6, 6.07) is 11.4. The van der Waals surface area contributed by atoms with Crippen molar-refractivity contribution in [2.24, 2.45) is 0 Å². The fourth-order valence-corrected chi connectivity index (χ4v) is 2.89. The molecule has 2 aromatic carbocycles. The smallest absolute Gasteiger partial charge is 0.266 e. The first kappa shape index (κ1) is 20.4. The Labute approximate surface area is 170 Å². The Morgan fingerprint density at radius 2 is 1.90 bits per heavy atom. The summed E-state index contributed by atoms with van der Waals surface area (Å²) in [6.07, 6.45) is -0.720. The van der Waals surface area contributed by atoms with Gasteiger partial charge in [-0.3, -0.25) is 4.79 Å². The molecule has 1 heterocycles. The second-order valence-electron chi connectivity index (χ2n) is 6.82. The van der Waals surface area contributed by atoms with E-state index in [0.29, 0.717) is 18.1 Å². The van der Waals surface area contributed by atoms with Crippen molar-refractivity contribution >= 4 is 11.7 Å². The summed E-state index contributed by atoms with van der Waals surface area (Å²) in [5.41, 5.74) is 4.27. The van der Waals surface area contributed by atoms with Crippen molar-refractivity contribution in [3.05, 3.63) is 53.1 Å². The number of nitrogens with one attached hydrogen (secondary N) is 1. The number of nitrogens with zero attached hydrogens (tertiary/aromatic N) is 2. The van der Waals surface area contributed by atoms with E-state index < -0.39 is 6.10 Å². The van der Waals surface area contributed by atoms with Gasteiger partial charge in [-0.25, -0.2) is 4.63 Å². The summed E-state index contributed by atoms with van der Waals surface area (Å²) in [4.78, 5) is 12.6. The van der Waals surface area contributed by atoms with Crippen LogP contribution < -0.4 is 14.8 Å². The van der Waals surface area contributed by atoms with Gasteiger partial charge in [-0.1, -0.05) is 12.1 Å². The van der Waals surface area contributed by atoms with Crippen LogP contribution in [0.2, 0.25) is 0 Å². The van der Waals surface area contributed by atoms with Crippen LogP contribution in [0.5, 0.6) is 11.5 Å². The molecule has 1 amide bonds. The summed E-state index contributed by atoms with van der Waals surface area (Å²) in [5, 5.41) is 10.5. The van der Waals surface area contributed by atoms with Gasteiger partial charge >= 0.3 is 0 Å². The quantitative estimate of drug-likeness (QED) is 0.635. The standard InChI is InChI=1S/C22H25N3O4/c1-6-27-18-11-10-17(12-14(18)3)20-21(25-29-24-20)23-22(26)16(5)28-19-9-7-8-13(2)15(19)4/h7-12,16H,6H2,1-5H3,(H,23,25,26)/t16-/m1/s1. The lowest BCUT2D eigenvalue weighted by Gasteiger charge is -2.16. The number of carbonyl (C=O) groups excluding carboxylic acids is 1. The van der Waals surface area contributed by atoms with Crippen LogP contribution >= 0.6 is 0 Å². The van der Waals surface area contributed by atoms with Crippen molar-refractivity contribution < 1.29 is 18.9 Å². The normalized spacial score (nSPS) is 11.8. The Hall–Kier alpha value is -3.35. The molecule has 29 heavy (non-hydrogen) atoms. The van der Waals surface area contributed by atoms with E-state index in [1.165, 1.54) is 0 Å². The van der Waals surface area contributed by atoms with Crippen molar-refractivity contribution in [3.8, 4) is 22.8 Å². The topological polar surface area (TPSA) is 86.5 Å². The van der Waals surface area contributed by atoms with Gasteiger partial charge in [0, 0.05) is 5.56 Å². The van der Waals surface area contributed by atoms with Crippen molar-refractivity contribution in [3.63, 3.8) is 0 Å². The molecule has 0 saturated heterocycles. The average Bonchev–Trinajstić information content (AvgIpc) is 3.15. The Bertz CT molecular complexity index is 1010. The van der Waals surface area contributed by atoms with Gasteiger partial charge in [0.15, 0.2) is 11.8 Å². The maximum Gasteiger partial charge on any atom is 0.266 e. The zero-order valence-corrected chi connectivity index (χ0v) is 17.3. The Morgan fingerprint density at radius 1 is 1.10 bits per heavy atom. The molecule has 0 fully saturated rings. The highest BCUT2D eigenvalue weighted by molar-refractivity contribution is 5.96. The number of hydrogen-bond donors (Lipinski definition) is 1. The minimum atomic E-state index is -0.720. The number of benzene rings is 2. The van der Waals surface area contributed by atoms with Crippen molar-refractivity contribution in [2.75, 3.05) is 11.9 Å². The first-order valence-corrected chi connectivity index (χ1v) is 9.50. The molecule has 7 nitrogen and oxygen atoms in total. The van der Waals surface area contributed by atoms with Gasteiger partial charge in [0.1, 0.15) is 11.5 Å². The van der Waals surface area contributed by atoms with E-state index in [1.54, 1.807) is 6.92 Å². The van der Waals surface area contributed by atoms with E-state index in [0.717, 1.165) is 28.0 Å². The minimum absolute atomic E-state index is 0.245. The lowest BCUT2D eigenvalue weighted by molar-refractivity contribution is -0.122. The second-order valence-corrected chi connectivity index (χ2v) is 6.82. The lowest BCUT2D eigenvalue weighted by atomic mass is 10.1. The number of aryl methyl sites for hydroxylation is 2. The van der Waals surface area contributed by atoms with E-state index in [4.69, 9.17) is 14.1 Å². The molecule has 1 atom stereocenters. The highest BCUT2D eigenvalue weighted by Crippen LogP contribution is 2.29. The first-order valence-electron chi connectivity index (χ1n) is 9.50. The molecule has 0 spiro atoms. The monoisotopic (exact) mass is 395 g/mol. The molecular weight excluding hydrogens is 370 g/mol. The largest absolute Gasteiger partial charge is 0.494 e. The Balaban J connectivity index is 1.74. The van der Waals surface area contributed by atoms with E-state index in [-0.39, 0.29) is 11.7 Å². The zero-order valence-electron chi connectivity index (χ0n) is 17.3. The van der Waals surface area contributed by atoms with Gasteiger partial charge in [0.2, 0.25) is 5.82 Å². The average molecular weight is 395 g/mol. The molecular formula is C22H25N3O4. The number of ether oxygens (including phenoxy) is 2. The third-order valence-corrected chi connectivity index (χ3v) is 4.71. The second kappa shape index (κ2) is 8.77. The molecule has 0 radical (unpaired) electrons. The molecule has 152 valence electrons. The molecule has 1 aromatic heterocycles. The third kappa shape index (κ3) is 4.56. The maximum absolute atomic E-state index is 12.6. The fourth-order valence-electron chi connectivity index (χ4n) is 2.89. The van der Waals surface area contributed by atoms with Gasteiger partial charge in [0.05, 0.1) is 6.61 Å². The molecule has 0 aliphatic rings. The van der Waals surface area contributed by atoms with Crippen LogP contribution in [0.4, 0.5) is 5.82 Å². The molecule has 0 aliphatic heterocycles. The van der Waals surface area contributed by atoms with Crippen LogP contribution in [-0.4, -0.2) is 28.9 Å². The zero-order chi connectivity index (χ0) is 21.0. The third-order valence-electron chi connectivity index (χ3n) is 4.71. The summed E-state index contributed by atoms with van der Waals surface area (Å²) in [5.74, 6) is 1.38. The van der Waals surface area contributed by atoms with Gasteiger partial charge in [-0.15, -0.1) is 0 Å². The molecule has 0 unspecified atom stereocenters. The predicted octanol–water partition coefficient (Wildman–Crippen LogP) is 4.47.